The van der Waals surface area contributed by atoms with Gasteiger partial charge in [-0.1, -0.05) is 35.9 Å². The highest BCUT2D eigenvalue weighted by atomic mass is 35.5. The SMILES string of the molecule is COc1cccc(Oc2c(CN(CC3CC3)C(=O)c3ccc(Cl)cc3)c(C)nn2-c2ccccc2)c1. The van der Waals surface area contributed by atoms with Gasteiger partial charge >= 0.3 is 0 Å². The predicted octanol–water partition coefficient (Wildman–Crippen LogP) is 6.69. The average molecular weight is 502 g/mol. The van der Waals surface area contributed by atoms with Gasteiger partial charge in [-0.25, -0.2) is 4.68 Å². The molecule has 1 fully saturated rings. The number of aryl methyl sites for hydroxylation is 1. The number of methoxy groups -OCH3 is 1. The van der Waals surface area contributed by atoms with E-state index in [1.54, 1.807) is 36.1 Å². The van der Waals surface area contributed by atoms with Crippen LogP contribution in [-0.2, 0) is 6.54 Å². The summed E-state index contributed by atoms with van der Waals surface area (Å²) >= 11 is 6.06. The van der Waals surface area contributed by atoms with Crippen molar-refractivity contribution in [3.8, 4) is 23.1 Å². The number of halogens is 1. The van der Waals surface area contributed by atoms with Crippen LogP contribution in [0.25, 0.3) is 5.69 Å². The Morgan fingerprint density at radius 2 is 1.75 bits per heavy atom. The second-order valence-electron chi connectivity index (χ2n) is 9.03. The highest BCUT2D eigenvalue weighted by Gasteiger charge is 2.30. The number of hydrogen-bond acceptors (Lipinski definition) is 4. The molecule has 0 unspecified atom stereocenters. The maximum absolute atomic E-state index is 13.6. The first-order valence-corrected chi connectivity index (χ1v) is 12.4. The molecule has 0 spiro atoms. The summed E-state index contributed by atoms with van der Waals surface area (Å²) in [5.41, 5.74) is 3.16. The zero-order chi connectivity index (χ0) is 25.1. The van der Waals surface area contributed by atoms with E-state index in [1.165, 1.54) is 0 Å². The van der Waals surface area contributed by atoms with Crippen LogP contribution in [0.1, 0.15) is 34.5 Å². The van der Waals surface area contributed by atoms with E-state index >= 15 is 0 Å². The molecule has 0 aliphatic heterocycles. The zero-order valence-electron chi connectivity index (χ0n) is 20.4. The van der Waals surface area contributed by atoms with Gasteiger partial charge in [0.05, 0.1) is 30.6 Å². The van der Waals surface area contributed by atoms with Crippen molar-refractivity contribution in [3.05, 3.63) is 101 Å². The van der Waals surface area contributed by atoms with Gasteiger partial charge in [-0.3, -0.25) is 4.79 Å². The first kappa shape index (κ1) is 23.9. The smallest absolute Gasteiger partial charge is 0.254 e. The number of ether oxygens (including phenoxy) is 2. The normalized spacial score (nSPS) is 12.9. The van der Waals surface area contributed by atoms with Gasteiger partial charge < -0.3 is 14.4 Å². The Balaban J connectivity index is 1.54. The average Bonchev–Trinajstić information content (AvgIpc) is 3.68. The van der Waals surface area contributed by atoms with Crippen LogP contribution >= 0.6 is 11.6 Å². The number of para-hydroxylation sites is 1. The molecule has 184 valence electrons. The van der Waals surface area contributed by atoms with Crippen LogP contribution in [0, 0.1) is 12.8 Å². The molecular weight excluding hydrogens is 474 g/mol. The Kier molecular flexibility index (Phi) is 6.96. The first-order chi connectivity index (χ1) is 17.5. The molecule has 1 heterocycles. The van der Waals surface area contributed by atoms with Crippen LogP contribution in [0.4, 0.5) is 0 Å². The quantitative estimate of drug-likeness (QED) is 0.256. The monoisotopic (exact) mass is 501 g/mol. The molecule has 5 rings (SSSR count). The third-order valence-corrected chi connectivity index (χ3v) is 6.55. The molecule has 0 N–H and O–H groups in total. The molecule has 1 aliphatic rings. The minimum Gasteiger partial charge on any atom is -0.497 e. The first-order valence-electron chi connectivity index (χ1n) is 12.0. The molecule has 1 amide bonds. The molecule has 1 aliphatic carbocycles. The van der Waals surface area contributed by atoms with Gasteiger partial charge in [-0.15, -0.1) is 0 Å². The number of carbonyl (C=O) groups excluding carboxylic acids is 1. The van der Waals surface area contributed by atoms with Crippen LogP contribution in [0.15, 0.2) is 78.9 Å². The van der Waals surface area contributed by atoms with Crippen molar-refractivity contribution in [1.82, 2.24) is 14.7 Å². The molecule has 6 nitrogen and oxygen atoms in total. The second-order valence-corrected chi connectivity index (χ2v) is 9.47. The fourth-order valence-corrected chi connectivity index (χ4v) is 4.27. The molecule has 4 aromatic rings. The standard InChI is InChI=1S/C29H28ClN3O3/c1-20-27(19-32(18-21-11-12-21)28(34)22-13-15-23(30)16-14-22)29(33(31-20)24-7-4-3-5-8-24)36-26-10-6-9-25(17-26)35-2/h3-10,13-17,21H,11-12,18-19H2,1-2H3. The Morgan fingerprint density at radius 3 is 2.44 bits per heavy atom. The van der Waals surface area contributed by atoms with Crippen LogP contribution in [0.3, 0.4) is 0 Å². The summed E-state index contributed by atoms with van der Waals surface area (Å²) in [7, 11) is 1.63. The number of amides is 1. The minimum atomic E-state index is -0.0299. The lowest BCUT2D eigenvalue weighted by atomic mass is 10.1. The third kappa shape index (κ3) is 5.39. The summed E-state index contributed by atoms with van der Waals surface area (Å²) in [4.78, 5) is 15.5. The van der Waals surface area contributed by atoms with Gasteiger partial charge in [0.1, 0.15) is 11.5 Å². The summed E-state index contributed by atoms with van der Waals surface area (Å²) in [6.07, 6.45) is 2.28. The van der Waals surface area contributed by atoms with E-state index in [2.05, 4.69) is 0 Å². The van der Waals surface area contributed by atoms with E-state index in [0.29, 0.717) is 47.0 Å². The number of carbonyl (C=O) groups is 1. The molecule has 1 aromatic heterocycles. The van der Waals surface area contributed by atoms with Crippen LogP contribution < -0.4 is 9.47 Å². The zero-order valence-corrected chi connectivity index (χ0v) is 21.1. The molecule has 0 saturated heterocycles. The van der Waals surface area contributed by atoms with Crippen molar-refractivity contribution < 1.29 is 14.3 Å². The predicted molar refractivity (Wildman–Crippen MR) is 140 cm³/mol. The van der Waals surface area contributed by atoms with Crippen molar-refractivity contribution in [1.29, 1.82) is 0 Å². The Morgan fingerprint density at radius 1 is 1.03 bits per heavy atom. The molecular formula is C29H28ClN3O3. The summed E-state index contributed by atoms with van der Waals surface area (Å²) < 4.78 is 13.6. The Hall–Kier alpha value is -3.77. The van der Waals surface area contributed by atoms with E-state index < -0.39 is 0 Å². The fraction of sp³-hybridized carbons (Fsp3) is 0.241. The van der Waals surface area contributed by atoms with Gasteiger partial charge in [-0.05, 0) is 74.2 Å². The van der Waals surface area contributed by atoms with Gasteiger partial charge in [0, 0.05) is 23.2 Å². The molecule has 0 atom stereocenters. The van der Waals surface area contributed by atoms with E-state index in [9.17, 15) is 4.79 Å². The van der Waals surface area contributed by atoms with Crippen molar-refractivity contribution in [2.75, 3.05) is 13.7 Å². The Labute approximate surface area is 216 Å². The minimum absolute atomic E-state index is 0.0299. The lowest BCUT2D eigenvalue weighted by Crippen LogP contribution is -2.32. The number of nitrogens with zero attached hydrogens (tertiary/aromatic N) is 3. The van der Waals surface area contributed by atoms with E-state index in [4.69, 9.17) is 26.2 Å². The number of hydrogen-bond donors (Lipinski definition) is 0. The lowest BCUT2D eigenvalue weighted by molar-refractivity contribution is 0.0734. The summed E-state index contributed by atoms with van der Waals surface area (Å²) in [6.45, 7) is 3.03. The maximum Gasteiger partial charge on any atom is 0.254 e. The summed E-state index contributed by atoms with van der Waals surface area (Å²) in [6, 6.07) is 24.4. The van der Waals surface area contributed by atoms with E-state index in [-0.39, 0.29) is 5.91 Å². The van der Waals surface area contributed by atoms with Crippen molar-refractivity contribution in [2.45, 2.75) is 26.3 Å². The summed E-state index contributed by atoms with van der Waals surface area (Å²) in [5, 5.41) is 5.42. The molecule has 0 bridgehead atoms. The van der Waals surface area contributed by atoms with Crippen molar-refractivity contribution >= 4 is 17.5 Å². The van der Waals surface area contributed by atoms with Crippen LogP contribution in [0.5, 0.6) is 17.4 Å². The highest BCUT2D eigenvalue weighted by molar-refractivity contribution is 6.30. The van der Waals surface area contributed by atoms with Crippen LogP contribution in [0.2, 0.25) is 5.02 Å². The maximum atomic E-state index is 13.6. The highest BCUT2D eigenvalue weighted by Crippen LogP contribution is 2.35. The molecule has 0 radical (unpaired) electrons. The number of benzene rings is 3. The molecule has 3 aromatic carbocycles. The molecule has 36 heavy (non-hydrogen) atoms. The molecule has 7 heteroatoms. The van der Waals surface area contributed by atoms with Gasteiger partial charge in [-0.2, -0.15) is 5.10 Å². The second kappa shape index (κ2) is 10.5. The van der Waals surface area contributed by atoms with E-state index in [0.717, 1.165) is 29.8 Å². The molecule has 1 saturated carbocycles. The third-order valence-electron chi connectivity index (χ3n) is 6.30. The van der Waals surface area contributed by atoms with Crippen molar-refractivity contribution in [2.24, 2.45) is 5.92 Å². The topological polar surface area (TPSA) is 56.6 Å². The van der Waals surface area contributed by atoms with Gasteiger partial charge in [0.2, 0.25) is 5.88 Å². The summed E-state index contributed by atoms with van der Waals surface area (Å²) in [5.74, 6) is 2.40. The fourth-order valence-electron chi connectivity index (χ4n) is 4.14. The largest absolute Gasteiger partial charge is 0.497 e. The number of aromatic nitrogens is 2. The Bertz CT molecular complexity index is 1350. The van der Waals surface area contributed by atoms with Gasteiger partial charge in [0.15, 0.2) is 0 Å². The van der Waals surface area contributed by atoms with E-state index in [1.807, 2.05) is 66.4 Å². The number of rotatable bonds is 9. The van der Waals surface area contributed by atoms with Crippen molar-refractivity contribution in [3.63, 3.8) is 0 Å². The van der Waals surface area contributed by atoms with Gasteiger partial charge in [0.25, 0.3) is 5.91 Å². The van der Waals surface area contributed by atoms with Crippen LogP contribution in [-0.4, -0.2) is 34.2 Å². The lowest BCUT2D eigenvalue weighted by Gasteiger charge is -2.23.